The van der Waals surface area contributed by atoms with Crippen molar-refractivity contribution in [3.63, 3.8) is 0 Å². The van der Waals surface area contributed by atoms with Gasteiger partial charge in [0.15, 0.2) is 0 Å². The lowest BCUT2D eigenvalue weighted by Crippen LogP contribution is -2.47. The third kappa shape index (κ3) is 3.44. The van der Waals surface area contributed by atoms with E-state index in [9.17, 15) is 19.1 Å². The van der Waals surface area contributed by atoms with Crippen LogP contribution in [0.2, 0.25) is 0 Å². The molecule has 0 atom stereocenters. The zero-order chi connectivity index (χ0) is 19.7. The van der Waals surface area contributed by atoms with Gasteiger partial charge < -0.3 is 10.4 Å². The molecule has 1 aromatic heterocycles. The summed E-state index contributed by atoms with van der Waals surface area (Å²) in [4.78, 5) is 30.5. The Labute approximate surface area is 160 Å². The van der Waals surface area contributed by atoms with Gasteiger partial charge in [0, 0.05) is 36.1 Å². The molecule has 3 aromatic rings. The normalized spacial score (nSPS) is 14.8. The quantitative estimate of drug-likeness (QED) is 0.728. The highest BCUT2D eigenvalue weighted by molar-refractivity contribution is 6.05. The predicted molar refractivity (Wildman–Crippen MR) is 102 cm³/mol. The number of rotatable bonds is 4. The van der Waals surface area contributed by atoms with Crippen LogP contribution in [0.25, 0.3) is 22.2 Å². The first kappa shape index (κ1) is 18.1. The first-order chi connectivity index (χ1) is 13.5. The Balaban J connectivity index is 1.96. The maximum Gasteiger partial charge on any atom is 0.336 e. The number of piperazine rings is 1. The number of carboxylic acid groups (broad SMARTS) is 1. The summed E-state index contributed by atoms with van der Waals surface area (Å²) in [5, 5.41) is 13.0. The van der Waals surface area contributed by atoms with Crippen LogP contribution in [0.3, 0.4) is 0 Å². The van der Waals surface area contributed by atoms with Crippen LogP contribution in [0.15, 0.2) is 48.5 Å². The summed E-state index contributed by atoms with van der Waals surface area (Å²) in [5.41, 5.74) is 2.22. The highest BCUT2D eigenvalue weighted by Gasteiger charge is 2.25. The second-order valence-corrected chi connectivity index (χ2v) is 6.71. The summed E-state index contributed by atoms with van der Waals surface area (Å²) in [7, 11) is 0. The number of pyridine rings is 1. The van der Waals surface area contributed by atoms with Gasteiger partial charge in [-0.05, 0) is 18.2 Å². The van der Waals surface area contributed by atoms with E-state index in [1.54, 1.807) is 0 Å². The molecule has 4 rings (SSSR count). The van der Waals surface area contributed by atoms with Crippen LogP contribution >= 0.6 is 0 Å². The number of aromatic nitrogens is 1. The Kier molecular flexibility index (Phi) is 4.75. The van der Waals surface area contributed by atoms with Crippen LogP contribution in [0.1, 0.15) is 15.9 Å². The zero-order valence-electron chi connectivity index (χ0n) is 15.0. The average Bonchev–Trinajstić information content (AvgIpc) is 2.68. The number of hydrogen-bond acceptors (Lipinski definition) is 4. The molecule has 0 saturated carbocycles. The summed E-state index contributed by atoms with van der Waals surface area (Å²) in [6.07, 6.45) is 0. The van der Waals surface area contributed by atoms with Crippen molar-refractivity contribution in [2.24, 2.45) is 0 Å². The highest BCUT2D eigenvalue weighted by Crippen LogP contribution is 2.32. The van der Waals surface area contributed by atoms with E-state index in [-0.39, 0.29) is 29.9 Å². The largest absolute Gasteiger partial charge is 0.478 e. The topological polar surface area (TPSA) is 82.5 Å². The molecule has 0 unspecified atom stereocenters. The van der Waals surface area contributed by atoms with Crippen molar-refractivity contribution >= 4 is 22.8 Å². The van der Waals surface area contributed by atoms with E-state index in [1.165, 1.54) is 18.2 Å². The van der Waals surface area contributed by atoms with Gasteiger partial charge in [-0.3, -0.25) is 9.69 Å². The highest BCUT2D eigenvalue weighted by atomic mass is 19.1. The molecule has 2 heterocycles. The van der Waals surface area contributed by atoms with Gasteiger partial charge in [0.25, 0.3) is 0 Å². The molecule has 0 spiro atoms. The third-order valence-corrected chi connectivity index (χ3v) is 4.81. The van der Waals surface area contributed by atoms with E-state index in [1.807, 2.05) is 35.2 Å². The Morgan fingerprint density at radius 3 is 2.71 bits per heavy atom. The summed E-state index contributed by atoms with van der Waals surface area (Å²) < 4.78 is 13.9. The second kappa shape index (κ2) is 7.36. The SMILES string of the molecule is O=C1CN(Cc2c(-c3ccccc3)nc3ccc(F)cc3c2C(=O)O)CCN1. The van der Waals surface area contributed by atoms with Crippen LogP contribution in [0, 0.1) is 5.82 Å². The number of carboxylic acids is 1. The maximum atomic E-state index is 13.9. The molecule has 1 aliphatic heterocycles. The third-order valence-electron chi connectivity index (χ3n) is 4.81. The molecule has 142 valence electrons. The molecule has 0 bridgehead atoms. The van der Waals surface area contributed by atoms with Gasteiger partial charge in [0.2, 0.25) is 5.91 Å². The molecule has 7 heteroatoms. The van der Waals surface area contributed by atoms with E-state index < -0.39 is 11.8 Å². The van der Waals surface area contributed by atoms with Crippen LogP contribution in [0.4, 0.5) is 4.39 Å². The molecular weight excluding hydrogens is 361 g/mol. The Bertz CT molecular complexity index is 1070. The number of carbonyl (C=O) groups is 2. The summed E-state index contributed by atoms with van der Waals surface area (Å²) in [6.45, 7) is 1.50. The minimum absolute atomic E-state index is 0.0225. The van der Waals surface area contributed by atoms with Gasteiger partial charge >= 0.3 is 5.97 Å². The van der Waals surface area contributed by atoms with Crippen molar-refractivity contribution in [2.75, 3.05) is 19.6 Å². The first-order valence-electron chi connectivity index (χ1n) is 8.93. The van der Waals surface area contributed by atoms with Crippen molar-refractivity contribution in [3.8, 4) is 11.3 Å². The fraction of sp³-hybridized carbons (Fsp3) is 0.190. The van der Waals surface area contributed by atoms with E-state index >= 15 is 0 Å². The van der Waals surface area contributed by atoms with Crippen molar-refractivity contribution in [1.82, 2.24) is 15.2 Å². The van der Waals surface area contributed by atoms with Gasteiger partial charge in [0.1, 0.15) is 5.82 Å². The summed E-state index contributed by atoms with van der Waals surface area (Å²) in [5.74, 6) is -1.77. The van der Waals surface area contributed by atoms with E-state index in [4.69, 9.17) is 0 Å². The lowest BCUT2D eigenvalue weighted by molar-refractivity contribution is -0.124. The van der Waals surface area contributed by atoms with Gasteiger partial charge in [0.05, 0.1) is 23.3 Å². The Morgan fingerprint density at radius 1 is 1.21 bits per heavy atom. The predicted octanol–water partition coefficient (Wildman–Crippen LogP) is 2.67. The molecule has 6 nitrogen and oxygen atoms in total. The van der Waals surface area contributed by atoms with Gasteiger partial charge in [-0.2, -0.15) is 0 Å². The molecule has 1 fully saturated rings. The molecule has 2 N–H and O–H groups in total. The second-order valence-electron chi connectivity index (χ2n) is 6.71. The Hall–Kier alpha value is -3.32. The van der Waals surface area contributed by atoms with Crippen LogP contribution in [-0.2, 0) is 11.3 Å². The molecule has 1 amide bonds. The van der Waals surface area contributed by atoms with Crippen LogP contribution in [-0.4, -0.2) is 46.5 Å². The fourth-order valence-corrected chi connectivity index (χ4v) is 3.56. The number of nitrogens with zero attached hydrogens (tertiary/aromatic N) is 2. The average molecular weight is 379 g/mol. The minimum Gasteiger partial charge on any atom is -0.478 e. The molecule has 1 saturated heterocycles. The van der Waals surface area contributed by atoms with Crippen molar-refractivity contribution in [3.05, 3.63) is 65.5 Å². The van der Waals surface area contributed by atoms with E-state index in [2.05, 4.69) is 10.3 Å². The lowest BCUT2D eigenvalue weighted by Gasteiger charge is -2.28. The Morgan fingerprint density at radius 2 is 2.00 bits per heavy atom. The number of nitrogens with one attached hydrogen (secondary N) is 1. The molecular formula is C21H18FN3O3. The van der Waals surface area contributed by atoms with Crippen LogP contribution in [0.5, 0.6) is 0 Å². The fourth-order valence-electron chi connectivity index (χ4n) is 3.56. The maximum absolute atomic E-state index is 13.9. The molecule has 28 heavy (non-hydrogen) atoms. The standard InChI is InChI=1S/C21H18FN3O3/c22-14-6-7-17-15(10-14)19(21(27)28)16(11-25-9-8-23-18(26)12-25)20(24-17)13-4-2-1-3-5-13/h1-7,10H,8-9,11-12H2,(H,23,26)(H,27,28). The van der Waals surface area contributed by atoms with Crippen molar-refractivity contribution < 1.29 is 19.1 Å². The summed E-state index contributed by atoms with van der Waals surface area (Å²) >= 11 is 0. The number of halogens is 1. The van der Waals surface area contributed by atoms with Crippen LogP contribution < -0.4 is 5.32 Å². The lowest BCUT2D eigenvalue weighted by atomic mass is 9.96. The van der Waals surface area contributed by atoms with E-state index in [0.717, 1.165) is 5.56 Å². The number of carbonyl (C=O) groups excluding carboxylic acids is 1. The minimum atomic E-state index is -1.15. The number of hydrogen-bond donors (Lipinski definition) is 2. The van der Waals surface area contributed by atoms with Gasteiger partial charge in [-0.1, -0.05) is 30.3 Å². The van der Waals surface area contributed by atoms with Crippen molar-refractivity contribution in [2.45, 2.75) is 6.54 Å². The van der Waals surface area contributed by atoms with E-state index in [0.29, 0.717) is 29.9 Å². The number of benzene rings is 2. The van der Waals surface area contributed by atoms with Crippen molar-refractivity contribution in [1.29, 1.82) is 0 Å². The monoisotopic (exact) mass is 379 g/mol. The smallest absolute Gasteiger partial charge is 0.336 e. The summed E-state index contributed by atoms with van der Waals surface area (Å²) in [6, 6.07) is 13.2. The molecule has 1 aliphatic rings. The number of fused-ring (bicyclic) bond motifs is 1. The molecule has 2 aromatic carbocycles. The van der Waals surface area contributed by atoms with Gasteiger partial charge in [-0.25, -0.2) is 14.2 Å². The number of aromatic carboxylic acids is 1. The molecule has 0 radical (unpaired) electrons. The molecule has 0 aliphatic carbocycles. The first-order valence-corrected chi connectivity index (χ1v) is 8.93. The number of amides is 1. The zero-order valence-corrected chi connectivity index (χ0v) is 15.0. The van der Waals surface area contributed by atoms with Gasteiger partial charge in [-0.15, -0.1) is 0 Å².